The van der Waals surface area contributed by atoms with Crippen LogP contribution in [0.4, 0.5) is 10.5 Å². The summed E-state index contributed by atoms with van der Waals surface area (Å²) < 4.78 is 10.5. The van der Waals surface area contributed by atoms with Crippen LogP contribution in [0.25, 0.3) is 0 Å². The van der Waals surface area contributed by atoms with Gasteiger partial charge >= 0.3 is 12.1 Å². The highest BCUT2D eigenvalue weighted by Gasteiger charge is 2.51. The third-order valence-corrected chi connectivity index (χ3v) is 7.48. The van der Waals surface area contributed by atoms with Gasteiger partial charge in [-0.1, -0.05) is 55.0 Å². The molecule has 3 atom stereocenters. The van der Waals surface area contributed by atoms with E-state index in [1.54, 1.807) is 0 Å². The number of benzene rings is 2. The Morgan fingerprint density at radius 3 is 2.43 bits per heavy atom. The van der Waals surface area contributed by atoms with E-state index >= 15 is 0 Å². The van der Waals surface area contributed by atoms with Gasteiger partial charge in [-0.3, -0.25) is 14.5 Å². The second-order valence-corrected chi connectivity index (χ2v) is 9.68. The summed E-state index contributed by atoms with van der Waals surface area (Å²) in [6.07, 6.45) is 4.65. The molecule has 2 amide bonds. The highest BCUT2D eigenvalue weighted by Crippen LogP contribution is 2.52. The maximum atomic E-state index is 13.4. The Hall–Kier alpha value is -3.35. The van der Waals surface area contributed by atoms with Gasteiger partial charge in [-0.05, 0) is 42.9 Å². The zero-order valence-corrected chi connectivity index (χ0v) is 20.1. The topological polar surface area (TPSA) is 76.2 Å². The molecule has 5 rings (SSSR count). The quantitative estimate of drug-likeness (QED) is 0.526. The number of carbonyl (C=O) groups excluding carboxylic acids is 3. The van der Waals surface area contributed by atoms with Crippen LogP contribution in [0.2, 0.25) is 0 Å². The van der Waals surface area contributed by atoms with Gasteiger partial charge in [0, 0.05) is 24.4 Å². The lowest BCUT2D eigenvalue weighted by Gasteiger charge is -2.47. The van der Waals surface area contributed by atoms with E-state index < -0.39 is 0 Å². The number of fused-ring (bicyclic) bond motifs is 2. The second-order valence-electron chi connectivity index (χ2n) is 9.68. The zero-order valence-electron chi connectivity index (χ0n) is 20.1. The highest BCUT2D eigenvalue weighted by molar-refractivity contribution is 5.91. The van der Waals surface area contributed by atoms with Crippen LogP contribution < -0.4 is 4.90 Å². The van der Waals surface area contributed by atoms with Crippen LogP contribution in [0.5, 0.6) is 0 Å². The van der Waals surface area contributed by atoms with Crippen molar-refractivity contribution in [3.8, 4) is 0 Å². The van der Waals surface area contributed by atoms with Crippen LogP contribution in [0.1, 0.15) is 62.1 Å². The van der Waals surface area contributed by atoms with E-state index in [1.165, 1.54) is 7.11 Å². The summed E-state index contributed by atoms with van der Waals surface area (Å²) in [5.74, 6) is -0.246. The third-order valence-electron chi connectivity index (χ3n) is 7.48. The van der Waals surface area contributed by atoms with Gasteiger partial charge in [0.1, 0.15) is 6.61 Å². The Bertz CT molecular complexity index is 1080. The summed E-state index contributed by atoms with van der Waals surface area (Å²) in [6.45, 7) is 0.222. The number of amides is 2. The lowest BCUT2D eigenvalue weighted by atomic mass is 9.81. The summed E-state index contributed by atoms with van der Waals surface area (Å²) >= 11 is 0. The zero-order chi connectivity index (χ0) is 24.4. The van der Waals surface area contributed by atoms with Gasteiger partial charge in [0.2, 0.25) is 5.91 Å². The molecule has 0 spiro atoms. The van der Waals surface area contributed by atoms with Gasteiger partial charge in [0.05, 0.1) is 25.3 Å². The standard InChI is InChI=1S/C28H32N2O5/c1-34-26(32)17-16-25(31)29(20-14-15-20)27-21-10-5-6-12-23(21)30(24-13-7-11-22(24)27)28(33)35-18-19-8-3-2-4-9-19/h2-6,8-10,12,20,22,24,27H,7,11,13-18H2,1H3. The molecule has 184 valence electrons. The maximum Gasteiger partial charge on any atom is 0.414 e. The summed E-state index contributed by atoms with van der Waals surface area (Å²) in [5.41, 5.74) is 2.76. The van der Waals surface area contributed by atoms with Crippen LogP contribution in [0.3, 0.4) is 0 Å². The minimum absolute atomic E-state index is 0.0107. The minimum atomic E-state index is -0.371. The molecule has 35 heavy (non-hydrogen) atoms. The number of anilines is 1. The van der Waals surface area contributed by atoms with E-state index in [-0.39, 0.29) is 61.5 Å². The number of rotatable bonds is 7. The predicted molar refractivity (Wildman–Crippen MR) is 131 cm³/mol. The van der Waals surface area contributed by atoms with Crippen molar-refractivity contribution < 1.29 is 23.9 Å². The monoisotopic (exact) mass is 476 g/mol. The normalized spacial score (nSPS) is 22.7. The van der Waals surface area contributed by atoms with Crippen molar-refractivity contribution in [3.05, 3.63) is 65.7 Å². The summed E-state index contributed by atoms with van der Waals surface area (Å²) in [7, 11) is 1.34. The lowest BCUT2D eigenvalue weighted by Crippen LogP contribution is -2.53. The molecule has 2 saturated carbocycles. The second kappa shape index (κ2) is 10.1. The Labute approximate surface area is 206 Å². The van der Waals surface area contributed by atoms with Crippen molar-refractivity contribution >= 4 is 23.7 Å². The molecular weight excluding hydrogens is 444 g/mol. The fraction of sp³-hybridized carbons (Fsp3) is 0.464. The molecule has 2 fully saturated rings. The lowest BCUT2D eigenvalue weighted by molar-refractivity contribution is -0.145. The number of hydrogen-bond acceptors (Lipinski definition) is 5. The molecule has 0 saturated heterocycles. The van der Waals surface area contributed by atoms with Gasteiger partial charge in [0.25, 0.3) is 0 Å². The van der Waals surface area contributed by atoms with E-state index in [2.05, 4.69) is 0 Å². The van der Waals surface area contributed by atoms with Gasteiger partial charge in [0.15, 0.2) is 0 Å². The smallest absolute Gasteiger partial charge is 0.414 e. The van der Waals surface area contributed by atoms with Crippen LogP contribution in [0.15, 0.2) is 54.6 Å². The van der Waals surface area contributed by atoms with Crippen molar-refractivity contribution in [1.82, 2.24) is 4.90 Å². The molecule has 0 aromatic heterocycles. The Balaban J connectivity index is 1.44. The largest absolute Gasteiger partial charge is 0.469 e. The molecule has 0 radical (unpaired) electrons. The summed E-state index contributed by atoms with van der Waals surface area (Å²) in [4.78, 5) is 42.4. The number of para-hydroxylation sites is 1. The van der Waals surface area contributed by atoms with Crippen LogP contribution in [-0.2, 0) is 25.7 Å². The van der Waals surface area contributed by atoms with Crippen LogP contribution in [0, 0.1) is 5.92 Å². The van der Waals surface area contributed by atoms with Crippen molar-refractivity contribution in [3.63, 3.8) is 0 Å². The maximum absolute atomic E-state index is 13.4. The van der Waals surface area contributed by atoms with Crippen molar-refractivity contribution in [2.75, 3.05) is 12.0 Å². The number of hydrogen-bond donors (Lipinski definition) is 0. The Kier molecular flexibility index (Phi) is 6.75. The first kappa shape index (κ1) is 23.4. The van der Waals surface area contributed by atoms with Crippen molar-refractivity contribution in [1.29, 1.82) is 0 Å². The fourth-order valence-electron chi connectivity index (χ4n) is 5.78. The molecule has 3 unspecified atom stereocenters. The number of nitrogens with zero attached hydrogens (tertiary/aromatic N) is 2. The van der Waals surface area contributed by atoms with Gasteiger partial charge in [-0.25, -0.2) is 4.79 Å². The average molecular weight is 477 g/mol. The van der Waals surface area contributed by atoms with Crippen LogP contribution in [-0.4, -0.2) is 42.1 Å². The van der Waals surface area contributed by atoms with E-state index in [0.717, 1.165) is 48.9 Å². The van der Waals surface area contributed by atoms with Crippen molar-refractivity contribution in [2.24, 2.45) is 5.92 Å². The summed E-state index contributed by atoms with van der Waals surface area (Å²) in [5, 5.41) is 0. The van der Waals surface area contributed by atoms with E-state index in [4.69, 9.17) is 9.47 Å². The molecule has 0 bridgehead atoms. The van der Waals surface area contributed by atoms with Gasteiger partial charge < -0.3 is 14.4 Å². The first-order chi connectivity index (χ1) is 17.1. The minimum Gasteiger partial charge on any atom is -0.469 e. The molecular formula is C28H32N2O5. The van der Waals surface area contributed by atoms with E-state index in [0.29, 0.717) is 0 Å². The number of esters is 1. The first-order valence-corrected chi connectivity index (χ1v) is 12.5. The molecule has 1 aliphatic heterocycles. The molecule has 0 N–H and O–H groups in total. The van der Waals surface area contributed by atoms with E-state index in [9.17, 15) is 14.4 Å². The summed E-state index contributed by atoms with van der Waals surface area (Å²) in [6, 6.07) is 17.7. The SMILES string of the molecule is COC(=O)CCC(=O)N(C1CC1)C1c2ccccc2N(C(=O)OCc2ccccc2)C2CCCC21. The van der Waals surface area contributed by atoms with Gasteiger partial charge in [-0.2, -0.15) is 0 Å². The number of carbonyl (C=O) groups is 3. The first-order valence-electron chi connectivity index (χ1n) is 12.5. The molecule has 7 nitrogen and oxygen atoms in total. The highest BCUT2D eigenvalue weighted by atomic mass is 16.6. The number of methoxy groups -OCH3 is 1. The number of ether oxygens (including phenoxy) is 2. The molecule has 1 heterocycles. The third kappa shape index (κ3) is 4.77. The van der Waals surface area contributed by atoms with Gasteiger partial charge in [-0.15, -0.1) is 0 Å². The molecule has 2 aliphatic carbocycles. The molecule has 2 aromatic rings. The van der Waals surface area contributed by atoms with E-state index in [1.807, 2.05) is 64.4 Å². The van der Waals surface area contributed by atoms with Crippen molar-refractivity contribution in [2.45, 2.75) is 69.7 Å². The Morgan fingerprint density at radius 2 is 1.69 bits per heavy atom. The fourth-order valence-corrected chi connectivity index (χ4v) is 5.78. The molecule has 2 aromatic carbocycles. The predicted octanol–water partition coefficient (Wildman–Crippen LogP) is 5.00. The Morgan fingerprint density at radius 1 is 0.943 bits per heavy atom. The molecule has 3 aliphatic rings. The van der Waals surface area contributed by atoms with Crippen LogP contribution >= 0.6 is 0 Å². The molecule has 7 heteroatoms. The average Bonchev–Trinajstić information content (AvgIpc) is 3.61.